The number of thiophene rings is 1. The quantitative estimate of drug-likeness (QED) is 0.723. The summed E-state index contributed by atoms with van der Waals surface area (Å²) in [5, 5.41) is 11.3. The Labute approximate surface area is 163 Å². The van der Waals surface area contributed by atoms with E-state index in [1.54, 1.807) is 11.8 Å². The molecule has 2 aromatic heterocycles. The van der Waals surface area contributed by atoms with E-state index in [1.807, 2.05) is 13.1 Å². The number of nitrogens with zero attached hydrogens (tertiary/aromatic N) is 2. The zero-order chi connectivity index (χ0) is 19.6. The Morgan fingerprint density at radius 1 is 1.37 bits per heavy atom. The molecule has 0 bridgehead atoms. The van der Waals surface area contributed by atoms with E-state index in [1.165, 1.54) is 11.3 Å². The van der Waals surface area contributed by atoms with Crippen LogP contribution in [0.4, 0.5) is 0 Å². The van der Waals surface area contributed by atoms with Crippen molar-refractivity contribution in [1.29, 1.82) is 0 Å². The maximum absolute atomic E-state index is 12.3. The van der Waals surface area contributed by atoms with Gasteiger partial charge in [0.25, 0.3) is 5.91 Å². The van der Waals surface area contributed by atoms with E-state index >= 15 is 0 Å². The van der Waals surface area contributed by atoms with Gasteiger partial charge in [0.05, 0.1) is 29.1 Å². The first-order chi connectivity index (χ1) is 12.8. The molecule has 0 saturated heterocycles. The number of nitrogens with one attached hydrogen (secondary N) is 2. The minimum atomic E-state index is -0.284. The van der Waals surface area contributed by atoms with Crippen LogP contribution in [-0.2, 0) is 23.1 Å². The molecule has 1 fully saturated rings. The van der Waals surface area contributed by atoms with Crippen LogP contribution in [-0.4, -0.2) is 40.9 Å². The fourth-order valence-electron chi connectivity index (χ4n) is 3.30. The summed E-state index contributed by atoms with van der Waals surface area (Å²) in [6.45, 7) is 5.12. The number of aryl methyl sites for hydroxylation is 1. The van der Waals surface area contributed by atoms with Gasteiger partial charge in [-0.2, -0.15) is 5.10 Å². The topological polar surface area (TPSA) is 85.2 Å². The molecule has 27 heavy (non-hydrogen) atoms. The van der Waals surface area contributed by atoms with Gasteiger partial charge in [-0.05, 0) is 31.2 Å². The highest BCUT2D eigenvalue weighted by Gasteiger charge is 2.38. The molecule has 0 spiro atoms. The summed E-state index contributed by atoms with van der Waals surface area (Å²) in [7, 11) is 3.53. The Bertz CT molecular complexity index is 830. The Kier molecular flexibility index (Phi) is 5.86. The third-order valence-corrected chi connectivity index (χ3v) is 6.32. The number of carbonyl (C=O) groups is 2. The summed E-state index contributed by atoms with van der Waals surface area (Å²) in [5.74, 6) is 0.314. The molecule has 0 atom stereocenters. The summed E-state index contributed by atoms with van der Waals surface area (Å²) in [4.78, 5) is 26.2. The van der Waals surface area contributed by atoms with Crippen LogP contribution in [0.5, 0.6) is 0 Å². The number of methoxy groups -OCH3 is 1. The minimum absolute atomic E-state index is 0.0273. The van der Waals surface area contributed by atoms with Crippen molar-refractivity contribution in [3.63, 3.8) is 0 Å². The van der Waals surface area contributed by atoms with Crippen molar-refractivity contribution in [2.45, 2.75) is 51.7 Å². The number of fused-ring (bicyclic) bond motifs is 1. The van der Waals surface area contributed by atoms with Crippen LogP contribution in [0.15, 0.2) is 6.07 Å². The zero-order valence-electron chi connectivity index (χ0n) is 16.4. The van der Waals surface area contributed by atoms with E-state index in [-0.39, 0.29) is 17.4 Å². The average Bonchev–Trinajstić information content (AvgIpc) is 3.15. The smallest absolute Gasteiger partial charge is 0.261 e. The van der Waals surface area contributed by atoms with Gasteiger partial charge in [-0.25, -0.2) is 0 Å². The lowest BCUT2D eigenvalue weighted by molar-refractivity contribution is -0.134. The molecule has 1 aliphatic carbocycles. The van der Waals surface area contributed by atoms with Gasteiger partial charge in [0.2, 0.25) is 5.91 Å². The standard InChI is InChI=1S/C19H28N4O3S/c1-12(2)10-21-17(25)15-8-13-14(22-23(3)18(13)27-15)11-20-16(24)9-19(26-4)6-5-7-19/h8,12H,5-7,9-11H2,1-4H3,(H,20,24)(H,21,25). The normalized spacial score (nSPS) is 15.7. The molecule has 148 valence electrons. The molecule has 0 unspecified atom stereocenters. The predicted octanol–water partition coefficient (Wildman–Crippen LogP) is 2.60. The van der Waals surface area contributed by atoms with E-state index in [9.17, 15) is 9.59 Å². The molecule has 2 heterocycles. The highest BCUT2D eigenvalue weighted by Crippen LogP contribution is 2.38. The zero-order valence-corrected chi connectivity index (χ0v) is 17.2. The molecule has 2 N–H and O–H groups in total. The van der Waals surface area contributed by atoms with Crippen molar-refractivity contribution < 1.29 is 14.3 Å². The number of carbonyl (C=O) groups excluding carboxylic acids is 2. The molecule has 2 aromatic rings. The highest BCUT2D eigenvalue weighted by atomic mass is 32.1. The molecule has 7 nitrogen and oxygen atoms in total. The fraction of sp³-hybridized carbons (Fsp3) is 0.632. The number of hydrogen-bond acceptors (Lipinski definition) is 5. The van der Waals surface area contributed by atoms with Gasteiger partial charge < -0.3 is 15.4 Å². The Morgan fingerprint density at radius 2 is 2.11 bits per heavy atom. The molecule has 0 aromatic carbocycles. The lowest BCUT2D eigenvalue weighted by atomic mass is 9.77. The van der Waals surface area contributed by atoms with Gasteiger partial charge in [0, 0.05) is 26.1 Å². The average molecular weight is 393 g/mol. The fourth-order valence-corrected chi connectivity index (χ4v) is 4.31. The molecule has 1 aliphatic rings. The van der Waals surface area contributed by atoms with Gasteiger partial charge in [-0.3, -0.25) is 14.3 Å². The Hall–Kier alpha value is -1.93. The third-order valence-electron chi connectivity index (χ3n) is 5.12. The number of rotatable bonds is 8. The lowest BCUT2D eigenvalue weighted by Crippen LogP contribution is -2.43. The molecule has 8 heteroatoms. The van der Waals surface area contributed by atoms with Gasteiger partial charge in [0.15, 0.2) is 0 Å². The maximum atomic E-state index is 12.3. The van der Waals surface area contributed by atoms with Crippen molar-refractivity contribution in [3.8, 4) is 0 Å². The van der Waals surface area contributed by atoms with E-state index in [0.717, 1.165) is 35.2 Å². The van der Waals surface area contributed by atoms with Gasteiger partial charge in [0.1, 0.15) is 4.83 Å². The van der Waals surface area contributed by atoms with Crippen molar-refractivity contribution in [3.05, 3.63) is 16.6 Å². The molecule has 0 aliphatic heterocycles. The molecule has 3 rings (SSSR count). The molecular formula is C19H28N4O3S. The first-order valence-corrected chi connectivity index (χ1v) is 10.2. The summed E-state index contributed by atoms with van der Waals surface area (Å²) >= 11 is 1.42. The molecule has 2 amide bonds. The van der Waals surface area contributed by atoms with Crippen LogP contribution in [0.2, 0.25) is 0 Å². The van der Waals surface area contributed by atoms with E-state index in [2.05, 4.69) is 29.6 Å². The largest absolute Gasteiger partial charge is 0.378 e. The third kappa shape index (κ3) is 4.32. The first-order valence-electron chi connectivity index (χ1n) is 9.39. The van der Waals surface area contributed by atoms with Crippen LogP contribution in [0.25, 0.3) is 10.2 Å². The van der Waals surface area contributed by atoms with Gasteiger partial charge >= 0.3 is 0 Å². The number of ether oxygens (including phenoxy) is 1. The van der Waals surface area contributed by atoms with Gasteiger partial charge in [-0.1, -0.05) is 13.8 Å². The summed E-state index contributed by atoms with van der Waals surface area (Å²) in [5.41, 5.74) is 0.494. The predicted molar refractivity (Wildman–Crippen MR) is 106 cm³/mol. The van der Waals surface area contributed by atoms with Crippen molar-refractivity contribution in [2.75, 3.05) is 13.7 Å². The van der Waals surface area contributed by atoms with E-state index < -0.39 is 0 Å². The second-order valence-electron chi connectivity index (χ2n) is 7.70. The summed E-state index contributed by atoms with van der Waals surface area (Å²) in [6.07, 6.45) is 3.36. The lowest BCUT2D eigenvalue weighted by Gasteiger charge is -2.39. The van der Waals surface area contributed by atoms with Crippen LogP contribution in [0.1, 0.15) is 54.9 Å². The molecular weight excluding hydrogens is 364 g/mol. The Morgan fingerprint density at radius 3 is 2.70 bits per heavy atom. The van der Waals surface area contributed by atoms with Crippen molar-refractivity contribution in [2.24, 2.45) is 13.0 Å². The van der Waals surface area contributed by atoms with Gasteiger partial charge in [-0.15, -0.1) is 11.3 Å². The SMILES string of the molecule is COC1(CC(=O)NCc2nn(C)c3sc(C(=O)NCC(C)C)cc23)CCC1. The Balaban J connectivity index is 1.66. The minimum Gasteiger partial charge on any atom is -0.378 e. The molecule has 0 radical (unpaired) electrons. The summed E-state index contributed by atoms with van der Waals surface area (Å²) < 4.78 is 7.28. The summed E-state index contributed by atoms with van der Waals surface area (Å²) in [6, 6.07) is 1.87. The van der Waals surface area contributed by atoms with Crippen molar-refractivity contribution >= 4 is 33.4 Å². The van der Waals surface area contributed by atoms with Crippen LogP contribution >= 0.6 is 11.3 Å². The molecule has 1 saturated carbocycles. The number of aromatic nitrogens is 2. The first kappa shape index (κ1) is 19.8. The maximum Gasteiger partial charge on any atom is 0.261 e. The highest BCUT2D eigenvalue weighted by molar-refractivity contribution is 7.20. The monoisotopic (exact) mass is 392 g/mol. The van der Waals surface area contributed by atoms with Crippen LogP contribution in [0.3, 0.4) is 0 Å². The number of hydrogen-bond donors (Lipinski definition) is 2. The van der Waals surface area contributed by atoms with Crippen LogP contribution < -0.4 is 10.6 Å². The van der Waals surface area contributed by atoms with Crippen molar-refractivity contribution in [1.82, 2.24) is 20.4 Å². The van der Waals surface area contributed by atoms with E-state index in [0.29, 0.717) is 30.3 Å². The number of amides is 2. The van der Waals surface area contributed by atoms with E-state index in [4.69, 9.17) is 4.74 Å². The van der Waals surface area contributed by atoms with Crippen LogP contribution in [0, 0.1) is 5.92 Å². The second kappa shape index (κ2) is 7.98. The second-order valence-corrected chi connectivity index (χ2v) is 8.73.